The summed E-state index contributed by atoms with van der Waals surface area (Å²) in [4.78, 5) is 15.1. The zero-order valence-electron chi connectivity index (χ0n) is 17.0. The average molecular weight is 399 g/mol. The number of hydrogen-bond acceptors (Lipinski definition) is 4. The van der Waals surface area contributed by atoms with Gasteiger partial charge in [0.25, 0.3) is 0 Å². The maximum atomic E-state index is 12.9. The topological polar surface area (TPSA) is 51.0 Å². The molecule has 2 aliphatic heterocycles. The van der Waals surface area contributed by atoms with Crippen LogP contribution in [0.4, 0.5) is 0 Å². The second-order valence-corrected chi connectivity index (χ2v) is 10.1. The summed E-state index contributed by atoms with van der Waals surface area (Å²) in [6.45, 7) is 6.50. The van der Waals surface area contributed by atoms with Crippen molar-refractivity contribution in [1.82, 2.24) is 19.9 Å². The molecule has 3 heterocycles. The number of rotatable bonds is 5. The Hall–Kier alpha value is -1.82. The third-order valence-corrected chi connectivity index (χ3v) is 6.97. The van der Waals surface area contributed by atoms with Crippen molar-refractivity contribution in [2.75, 3.05) is 5.75 Å². The summed E-state index contributed by atoms with van der Waals surface area (Å²) in [5.74, 6) is 1.78. The molecule has 2 aromatic rings. The number of benzene rings is 1. The molecule has 2 fully saturated rings. The second-order valence-electron chi connectivity index (χ2n) is 9.12. The van der Waals surface area contributed by atoms with E-state index < -0.39 is 0 Å². The van der Waals surface area contributed by atoms with Gasteiger partial charge in [-0.3, -0.25) is 4.79 Å². The molecule has 0 spiro atoms. The third kappa shape index (κ3) is 4.12. The van der Waals surface area contributed by atoms with Gasteiger partial charge in [-0.15, -0.1) is 16.9 Å². The van der Waals surface area contributed by atoms with Gasteiger partial charge in [-0.2, -0.15) is 0 Å². The highest BCUT2D eigenvalue weighted by molar-refractivity contribution is 7.99. The molecule has 2 atom stereocenters. The smallest absolute Gasteiger partial charge is 0.233 e. The monoisotopic (exact) mass is 398 g/mol. The minimum atomic E-state index is 0.0177. The van der Waals surface area contributed by atoms with Crippen LogP contribution < -0.4 is 0 Å². The Bertz CT molecular complexity index is 799. The van der Waals surface area contributed by atoms with E-state index in [-0.39, 0.29) is 5.41 Å². The number of amides is 1. The van der Waals surface area contributed by atoms with Crippen molar-refractivity contribution in [3.05, 3.63) is 47.8 Å². The summed E-state index contributed by atoms with van der Waals surface area (Å²) in [5, 5.41) is 8.80. The molecule has 2 bridgehead atoms. The number of carbonyl (C=O) groups is 1. The molecule has 2 aliphatic rings. The minimum Gasteiger partial charge on any atom is -0.336 e. The van der Waals surface area contributed by atoms with E-state index in [4.69, 9.17) is 0 Å². The first-order valence-corrected chi connectivity index (χ1v) is 11.4. The number of hydrogen-bond donors (Lipinski definition) is 0. The highest BCUT2D eigenvalue weighted by Gasteiger charge is 2.43. The molecular weight excluding hydrogens is 368 g/mol. The van der Waals surface area contributed by atoms with Crippen LogP contribution in [0.5, 0.6) is 0 Å². The van der Waals surface area contributed by atoms with Crippen LogP contribution in [-0.4, -0.2) is 43.6 Å². The fraction of sp³-hybridized carbons (Fsp3) is 0.591. The normalized spacial score (nSPS) is 24.5. The van der Waals surface area contributed by atoms with Crippen molar-refractivity contribution in [3.63, 3.8) is 0 Å². The van der Waals surface area contributed by atoms with Gasteiger partial charge in [0.15, 0.2) is 0 Å². The van der Waals surface area contributed by atoms with E-state index in [0.717, 1.165) is 37.1 Å². The van der Waals surface area contributed by atoms with Gasteiger partial charge in [0.05, 0.1) is 17.5 Å². The summed E-state index contributed by atoms with van der Waals surface area (Å²) in [6.07, 6.45) is 6.35. The predicted molar refractivity (Wildman–Crippen MR) is 113 cm³/mol. The number of thioether (sulfide) groups is 1. The van der Waals surface area contributed by atoms with Crippen molar-refractivity contribution >= 4 is 17.7 Å². The quantitative estimate of drug-likeness (QED) is 0.757. The van der Waals surface area contributed by atoms with Crippen molar-refractivity contribution in [3.8, 4) is 0 Å². The van der Waals surface area contributed by atoms with Crippen LogP contribution in [-0.2, 0) is 16.0 Å². The number of piperidine rings is 1. The summed E-state index contributed by atoms with van der Waals surface area (Å²) < 4.78 is 2.05. The van der Waals surface area contributed by atoms with Gasteiger partial charge in [0.1, 0.15) is 0 Å². The van der Waals surface area contributed by atoms with Crippen molar-refractivity contribution in [1.29, 1.82) is 0 Å². The van der Waals surface area contributed by atoms with Crippen molar-refractivity contribution in [2.45, 2.75) is 75.7 Å². The van der Waals surface area contributed by atoms with Crippen LogP contribution in [0.1, 0.15) is 63.8 Å². The van der Waals surface area contributed by atoms with Gasteiger partial charge in [-0.1, -0.05) is 56.3 Å². The van der Waals surface area contributed by atoms with Gasteiger partial charge in [-0.25, -0.2) is 4.68 Å². The van der Waals surface area contributed by atoms with E-state index in [1.54, 1.807) is 11.8 Å². The van der Waals surface area contributed by atoms with Crippen LogP contribution >= 0.6 is 11.8 Å². The lowest BCUT2D eigenvalue weighted by molar-refractivity contribution is -0.133. The Kier molecular flexibility index (Phi) is 5.50. The number of fused-ring (bicyclic) bond motifs is 2. The van der Waals surface area contributed by atoms with Crippen LogP contribution in [0, 0.1) is 0 Å². The Balaban J connectivity index is 1.34. The van der Waals surface area contributed by atoms with Crippen LogP contribution in [0.15, 0.2) is 36.5 Å². The molecule has 0 aliphatic carbocycles. The molecule has 4 rings (SSSR count). The van der Waals surface area contributed by atoms with Gasteiger partial charge >= 0.3 is 0 Å². The lowest BCUT2D eigenvalue weighted by Gasteiger charge is -2.39. The van der Waals surface area contributed by atoms with E-state index >= 15 is 0 Å². The summed E-state index contributed by atoms with van der Waals surface area (Å²) in [7, 11) is 0. The maximum Gasteiger partial charge on any atom is 0.233 e. The van der Waals surface area contributed by atoms with E-state index in [0.29, 0.717) is 29.8 Å². The lowest BCUT2D eigenvalue weighted by Crippen LogP contribution is -2.47. The van der Waals surface area contributed by atoms with E-state index in [9.17, 15) is 4.79 Å². The van der Waals surface area contributed by atoms with Gasteiger partial charge in [-0.05, 0) is 31.2 Å². The first kappa shape index (κ1) is 19.5. The van der Waals surface area contributed by atoms with Crippen LogP contribution in [0.3, 0.4) is 0 Å². The van der Waals surface area contributed by atoms with Crippen molar-refractivity contribution < 1.29 is 4.79 Å². The molecule has 2 unspecified atom stereocenters. The minimum absolute atomic E-state index is 0.0177. The molecule has 6 heteroatoms. The molecule has 1 aromatic heterocycles. The number of carbonyl (C=O) groups excluding carboxylic acids is 1. The van der Waals surface area contributed by atoms with Gasteiger partial charge < -0.3 is 4.90 Å². The fourth-order valence-corrected chi connectivity index (χ4v) is 5.33. The summed E-state index contributed by atoms with van der Waals surface area (Å²) in [5.41, 5.74) is 2.34. The molecule has 0 N–H and O–H groups in total. The highest BCUT2D eigenvalue weighted by Crippen LogP contribution is 2.41. The fourth-order valence-electron chi connectivity index (χ4n) is 4.48. The van der Waals surface area contributed by atoms with E-state index in [1.165, 1.54) is 5.56 Å². The SMILES string of the molecule is CC(C)(C)c1cn(C2CC3CCC(C2)N3C(=O)CSCc2ccccc2)nn1. The summed E-state index contributed by atoms with van der Waals surface area (Å²) in [6, 6.07) is 11.5. The Labute approximate surface area is 171 Å². The molecule has 0 saturated carbocycles. The Morgan fingerprint density at radius 1 is 1.11 bits per heavy atom. The third-order valence-electron chi connectivity index (χ3n) is 5.99. The molecule has 150 valence electrons. The van der Waals surface area contributed by atoms with Crippen LogP contribution in [0.2, 0.25) is 0 Å². The lowest BCUT2D eigenvalue weighted by atomic mass is 9.93. The second kappa shape index (κ2) is 7.90. The Morgan fingerprint density at radius 3 is 2.39 bits per heavy atom. The highest BCUT2D eigenvalue weighted by atomic mass is 32.2. The zero-order chi connectivity index (χ0) is 19.7. The maximum absolute atomic E-state index is 12.9. The Morgan fingerprint density at radius 2 is 1.79 bits per heavy atom. The van der Waals surface area contributed by atoms with Gasteiger partial charge in [0.2, 0.25) is 5.91 Å². The van der Waals surface area contributed by atoms with Gasteiger partial charge in [0, 0.05) is 29.4 Å². The molecular formula is C22H30N4OS. The first-order chi connectivity index (χ1) is 13.4. The predicted octanol–water partition coefficient (Wildman–Crippen LogP) is 4.20. The molecule has 28 heavy (non-hydrogen) atoms. The molecule has 0 radical (unpaired) electrons. The average Bonchev–Trinajstić information content (AvgIpc) is 3.26. The van der Waals surface area contributed by atoms with E-state index in [1.807, 2.05) is 6.07 Å². The standard InChI is InChI=1S/C22H30N4OS/c1-22(2,3)20-13-25(24-23-20)19-11-17-9-10-18(12-19)26(17)21(27)15-28-14-16-7-5-4-6-8-16/h4-8,13,17-19H,9-12,14-15H2,1-3H3. The molecule has 1 amide bonds. The first-order valence-electron chi connectivity index (χ1n) is 10.3. The number of nitrogens with zero attached hydrogens (tertiary/aromatic N) is 4. The van der Waals surface area contributed by atoms with Crippen molar-refractivity contribution in [2.24, 2.45) is 0 Å². The van der Waals surface area contributed by atoms with E-state index in [2.05, 4.69) is 71.1 Å². The molecule has 5 nitrogen and oxygen atoms in total. The largest absolute Gasteiger partial charge is 0.336 e. The zero-order valence-corrected chi connectivity index (χ0v) is 17.9. The van der Waals surface area contributed by atoms with Crippen LogP contribution in [0.25, 0.3) is 0 Å². The summed E-state index contributed by atoms with van der Waals surface area (Å²) >= 11 is 1.72. The number of aromatic nitrogens is 3. The molecule has 1 aromatic carbocycles. The molecule has 2 saturated heterocycles.